The minimum atomic E-state index is -0.255. The van der Waals surface area contributed by atoms with Crippen LogP contribution >= 0.6 is 11.3 Å². The van der Waals surface area contributed by atoms with E-state index in [0.29, 0.717) is 31.3 Å². The van der Waals surface area contributed by atoms with Crippen molar-refractivity contribution in [3.8, 4) is 11.3 Å². The third kappa shape index (κ3) is 7.67. The highest BCUT2D eigenvalue weighted by atomic mass is 32.1. The van der Waals surface area contributed by atoms with Crippen LogP contribution in [0.15, 0.2) is 78.9 Å². The van der Waals surface area contributed by atoms with Crippen molar-refractivity contribution in [1.82, 2.24) is 14.8 Å². The molecule has 0 spiro atoms. The minimum Gasteiger partial charge on any atom is -0.312 e. The number of carbonyl (C=O) groups excluding carboxylic acids is 2. The molecule has 9 heteroatoms. The molecule has 0 saturated heterocycles. The van der Waals surface area contributed by atoms with Crippen LogP contribution in [0.4, 0.5) is 15.2 Å². The number of para-hydroxylation sites is 1. The van der Waals surface area contributed by atoms with Gasteiger partial charge in [0.15, 0.2) is 5.13 Å². The van der Waals surface area contributed by atoms with Crippen molar-refractivity contribution in [1.29, 1.82) is 0 Å². The molecule has 0 bridgehead atoms. The molecule has 1 N–H and O–H groups in total. The molecule has 4 aromatic rings. The summed E-state index contributed by atoms with van der Waals surface area (Å²) in [6.07, 6.45) is 0.794. The van der Waals surface area contributed by atoms with Crippen LogP contribution in [0.3, 0.4) is 0 Å². The van der Waals surface area contributed by atoms with Crippen LogP contribution in [0, 0.1) is 12.7 Å². The van der Waals surface area contributed by atoms with Gasteiger partial charge in [-0.2, -0.15) is 0 Å². The standard InChI is InChI=1S/C33H36FN5O2S/c1-24-32(27-9-4-3-5-10-27)36-33(42-24)35-31(41)23-38-20-19-37(21-26-13-15-29(34)16-14-26)17-8-18-39(25(2)40)30-12-7-6-11-28(30)22-38/h3-7,9-16H,8,17-23H2,1-2H3,(H,35,36,41). The summed E-state index contributed by atoms with van der Waals surface area (Å²) >= 11 is 1.47. The Hall–Kier alpha value is -3.92. The van der Waals surface area contributed by atoms with Crippen LogP contribution in [0.1, 0.15) is 29.3 Å². The van der Waals surface area contributed by atoms with Crippen molar-refractivity contribution in [2.75, 3.05) is 42.9 Å². The lowest BCUT2D eigenvalue weighted by atomic mass is 10.1. The van der Waals surface area contributed by atoms with Crippen molar-refractivity contribution in [2.24, 2.45) is 0 Å². The summed E-state index contributed by atoms with van der Waals surface area (Å²) in [6, 6.07) is 24.5. The van der Waals surface area contributed by atoms with E-state index in [0.717, 1.165) is 52.5 Å². The monoisotopic (exact) mass is 585 g/mol. The summed E-state index contributed by atoms with van der Waals surface area (Å²) in [5.74, 6) is -0.400. The molecule has 7 nitrogen and oxygen atoms in total. The molecule has 0 unspecified atom stereocenters. The van der Waals surface area contributed by atoms with E-state index in [9.17, 15) is 14.0 Å². The fraction of sp³-hybridized carbons (Fsp3) is 0.303. The molecular formula is C33H36FN5O2S. The van der Waals surface area contributed by atoms with E-state index >= 15 is 0 Å². The second kappa shape index (κ2) is 13.8. The number of amides is 2. The molecule has 0 saturated carbocycles. The number of rotatable bonds is 6. The molecule has 2 amide bonds. The molecular weight excluding hydrogens is 549 g/mol. The number of anilines is 2. The van der Waals surface area contributed by atoms with Gasteiger partial charge in [-0.1, -0.05) is 60.7 Å². The number of fused-ring (bicyclic) bond motifs is 1. The van der Waals surface area contributed by atoms with Gasteiger partial charge in [-0.25, -0.2) is 9.37 Å². The van der Waals surface area contributed by atoms with Gasteiger partial charge in [0.2, 0.25) is 11.8 Å². The molecule has 3 aromatic carbocycles. The van der Waals surface area contributed by atoms with Crippen molar-refractivity contribution in [3.05, 3.63) is 101 Å². The number of thiazole rings is 1. The number of nitrogens with one attached hydrogen (secondary N) is 1. The zero-order valence-electron chi connectivity index (χ0n) is 24.1. The number of aromatic nitrogens is 1. The van der Waals surface area contributed by atoms with Gasteiger partial charge in [0.1, 0.15) is 5.82 Å². The normalized spacial score (nSPS) is 15.1. The summed E-state index contributed by atoms with van der Waals surface area (Å²) in [5, 5.41) is 3.60. The zero-order chi connectivity index (χ0) is 29.5. The van der Waals surface area contributed by atoms with Gasteiger partial charge in [-0.05, 0) is 42.7 Å². The predicted octanol–water partition coefficient (Wildman–Crippen LogP) is 5.96. The third-order valence-electron chi connectivity index (χ3n) is 7.42. The highest BCUT2D eigenvalue weighted by Gasteiger charge is 2.22. The van der Waals surface area contributed by atoms with E-state index in [-0.39, 0.29) is 24.2 Å². The van der Waals surface area contributed by atoms with Crippen LogP contribution < -0.4 is 10.2 Å². The van der Waals surface area contributed by atoms with Crippen LogP contribution in [0.25, 0.3) is 11.3 Å². The van der Waals surface area contributed by atoms with Crippen molar-refractivity contribution in [2.45, 2.75) is 33.4 Å². The van der Waals surface area contributed by atoms with Crippen molar-refractivity contribution in [3.63, 3.8) is 0 Å². The predicted molar refractivity (Wildman–Crippen MR) is 167 cm³/mol. The zero-order valence-corrected chi connectivity index (χ0v) is 24.9. The summed E-state index contributed by atoms with van der Waals surface area (Å²) < 4.78 is 13.5. The van der Waals surface area contributed by atoms with Crippen LogP contribution in [0.2, 0.25) is 0 Å². The largest absolute Gasteiger partial charge is 0.312 e. The van der Waals surface area contributed by atoms with Gasteiger partial charge in [-0.3, -0.25) is 19.4 Å². The van der Waals surface area contributed by atoms with Crippen LogP contribution in [-0.2, 0) is 22.7 Å². The first kappa shape index (κ1) is 29.6. The molecule has 218 valence electrons. The molecule has 0 radical (unpaired) electrons. The SMILES string of the molecule is CC(=O)N1CCCN(Cc2ccc(F)cc2)CCN(CC(=O)Nc2nc(-c3ccccc3)c(C)s2)Cc2ccccc21. The van der Waals surface area contributed by atoms with Gasteiger partial charge < -0.3 is 10.2 Å². The Kier molecular flexibility index (Phi) is 9.74. The molecule has 1 aliphatic heterocycles. The maximum atomic E-state index is 13.5. The molecule has 0 atom stereocenters. The van der Waals surface area contributed by atoms with Gasteiger partial charge in [0.25, 0.3) is 0 Å². The van der Waals surface area contributed by atoms with E-state index in [1.807, 2.05) is 78.6 Å². The first-order valence-electron chi connectivity index (χ1n) is 14.2. The summed E-state index contributed by atoms with van der Waals surface area (Å²) in [6.45, 7) is 7.70. The first-order valence-corrected chi connectivity index (χ1v) is 15.1. The fourth-order valence-electron chi connectivity index (χ4n) is 5.34. The second-order valence-corrected chi connectivity index (χ2v) is 11.8. The molecule has 42 heavy (non-hydrogen) atoms. The fourth-order valence-corrected chi connectivity index (χ4v) is 6.19. The van der Waals surface area contributed by atoms with E-state index in [2.05, 4.69) is 15.1 Å². The number of hydrogen-bond acceptors (Lipinski definition) is 6. The number of hydrogen-bond donors (Lipinski definition) is 1. The Morgan fingerprint density at radius 1 is 0.905 bits per heavy atom. The Bertz CT molecular complexity index is 1510. The van der Waals surface area contributed by atoms with E-state index in [1.165, 1.54) is 23.5 Å². The molecule has 5 rings (SSSR count). The number of aryl methyl sites for hydroxylation is 1. The smallest absolute Gasteiger partial charge is 0.240 e. The van der Waals surface area contributed by atoms with Crippen LogP contribution in [-0.4, -0.2) is 59.3 Å². The average Bonchev–Trinajstić information content (AvgIpc) is 3.33. The Morgan fingerprint density at radius 3 is 2.38 bits per heavy atom. The lowest BCUT2D eigenvalue weighted by Crippen LogP contribution is -2.39. The van der Waals surface area contributed by atoms with Crippen molar-refractivity contribution < 1.29 is 14.0 Å². The average molecular weight is 586 g/mol. The van der Waals surface area contributed by atoms with E-state index in [4.69, 9.17) is 4.98 Å². The lowest BCUT2D eigenvalue weighted by Gasteiger charge is -2.27. The molecule has 0 fully saturated rings. The number of carbonyl (C=O) groups is 2. The maximum absolute atomic E-state index is 13.5. The summed E-state index contributed by atoms with van der Waals surface area (Å²) in [7, 11) is 0. The highest BCUT2D eigenvalue weighted by molar-refractivity contribution is 7.16. The lowest BCUT2D eigenvalue weighted by molar-refractivity contribution is -0.118. The molecule has 2 heterocycles. The Balaban J connectivity index is 1.35. The second-order valence-electron chi connectivity index (χ2n) is 10.6. The van der Waals surface area contributed by atoms with Crippen LogP contribution in [0.5, 0.6) is 0 Å². The first-order chi connectivity index (χ1) is 20.4. The Morgan fingerprint density at radius 2 is 1.62 bits per heavy atom. The summed E-state index contributed by atoms with van der Waals surface area (Å²) in [5.41, 5.74) is 4.80. The number of halogens is 1. The number of nitrogens with zero attached hydrogens (tertiary/aromatic N) is 4. The molecule has 0 aliphatic carbocycles. The van der Waals surface area contributed by atoms with E-state index < -0.39 is 0 Å². The minimum absolute atomic E-state index is 0.00978. The molecule has 1 aliphatic rings. The van der Waals surface area contributed by atoms with Crippen molar-refractivity contribution >= 4 is 34.0 Å². The van der Waals surface area contributed by atoms with E-state index in [1.54, 1.807) is 6.92 Å². The van der Waals surface area contributed by atoms with Gasteiger partial charge >= 0.3 is 0 Å². The van der Waals surface area contributed by atoms with Gasteiger partial charge in [0.05, 0.1) is 12.2 Å². The Labute approximate surface area is 250 Å². The number of benzene rings is 3. The highest BCUT2D eigenvalue weighted by Crippen LogP contribution is 2.30. The molecule has 1 aromatic heterocycles. The topological polar surface area (TPSA) is 68.8 Å². The van der Waals surface area contributed by atoms with Gasteiger partial charge in [-0.15, -0.1) is 11.3 Å². The maximum Gasteiger partial charge on any atom is 0.240 e. The third-order valence-corrected chi connectivity index (χ3v) is 8.31. The van der Waals surface area contributed by atoms with Gasteiger partial charge in [0, 0.05) is 62.3 Å². The summed E-state index contributed by atoms with van der Waals surface area (Å²) in [4.78, 5) is 38.1. The quantitative estimate of drug-likeness (QED) is 0.303.